The quantitative estimate of drug-likeness (QED) is 0.867. The molecule has 4 rings (SSSR count). The Morgan fingerprint density at radius 2 is 2.12 bits per heavy atom. The van der Waals surface area contributed by atoms with Crippen LogP contribution in [0.4, 0.5) is 0 Å². The predicted molar refractivity (Wildman–Crippen MR) is 93.7 cm³/mol. The van der Waals surface area contributed by atoms with Crippen LogP contribution in [0.5, 0.6) is 0 Å². The Kier molecular flexibility index (Phi) is 4.67. The maximum absolute atomic E-state index is 12.9. The van der Waals surface area contributed by atoms with Crippen molar-refractivity contribution in [3.63, 3.8) is 0 Å². The van der Waals surface area contributed by atoms with Crippen LogP contribution in [0.15, 0.2) is 18.6 Å². The zero-order valence-corrected chi connectivity index (χ0v) is 14.8. The van der Waals surface area contributed by atoms with E-state index in [1.807, 2.05) is 4.90 Å². The molecule has 1 saturated carbocycles. The molecule has 1 aliphatic heterocycles. The van der Waals surface area contributed by atoms with Crippen LogP contribution >= 0.6 is 0 Å². The van der Waals surface area contributed by atoms with Crippen molar-refractivity contribution >= 4 is 5.91 Å². The second kappa shape index (κ2) is 7.11. The van der Waals surface area contributed by atoms with Gasteiger partial charge < -0.3 is 10.0 Å². The Morgan fingerprint density at radius 3 is 2.88 bits per heavy atom. The third-order valence-corrected chi connectivity index (χ3v) is 5.45. The molecule has 3 heterocycles. The van der Waals surface area contributed by atoms with Gasteiger partial charge in [0, 0.05) is 18.9 Å². The summed E-state index contributed by atoms with van der Waals surface area (Å²) in [5.74, 6) is 1.17. The van der Waals surface area contributed by atoms with Crippen LogP contribution in [0.2, 0.25) is 0 Å². The van der Waals surface area contributed by atoms with Crippen molar-refractivity contribution in [2.45, 2.75) is 63.0 Å². The van der Waals surface area contributed by atoms with Gasteiger partial charge in [-0.15, -0.1) is 0 Å². The Labute approximate surface area is 152 Å². The number of nitrogens with one attached hydrogen (secondary N) is 1. The van der Waals surface area contributed by atoms with Gasteiger partial charge >= 0.3 is 0 Å². The highest BCUT2D eigenvalue weighted by molar-refractivity contribution is 5.78. The smallest absolute Gasteiger partial charge is 0.226 e. The molecule has 1 amide bonds. The van der Waals surface area contributed by atoms with E-state index in [-0.39, 0.29) is 18.4 Å². The summed E-state index contributed by atoms with van der Waals surface area (Å²) in [7, 11) is 0. The largest absolute Gasteiger partial charge is 0.389 e. The van der Waals surface area contributed by atoms with Crippen molar-refractivity contribution in [1.82, 2.24) is 30.0 Å². The van der Waals surface area contributed by atoms with Gasteiger partial charge in [0.05, 0.1) is 24.3 Å². The number of likely N-dealkylation sites (tertiary alicyclic amines) is 1. The van der Waals surface area contributed by atoms with Gasteiger partial charge in [0.15, 0.2) is 0 Å². The Bertz CT molecular complexity index is 756. The molecule has 0 spiro atoms. The monoisotopic (exact) mass is 356 g/mol. The van der Waals surface area contributed by atoms with Crippen molar-refractivity contribution in [1.29, 1.82) is 0 Å². The highest BCUT2D eigenvalue weighted by Crippen LogP contribution is 2.35. The second-order valence-corrected chi connectivity index (χ2v) is 7.34. The first-order chi connectivity index (χ1) is 12.6. The lowest BCUT2D eigenvalue weighted by molar-refractivity contribution is -0.138. The molecule has 0 radical (unpaired) electrons. The molecule has 2 fully saturated rings. The molecule has 8 heteroatoms. The van der Waals surface area contributed by atoms with Gasteiger partial charge in [-0.25, -0.2) is 9.97 Å². The molecular weight excluding hydrogens is 332 g/mol. The van der Waals surface area contributed by atoms with Crippen LogP contribution in [0.1, 0.15) is 63.2 Å². The Morgan fingerprint density at radius 1 is 1.27 bits per heavy atom. The van der Waals surface area contributed by atoms with Gasteiger partial charge in [-0.2, -0.15) is 5.10 Å². The number of hydrogen-bond acceptors (Lipinski definition) is 6. The molecule has 2 aromatic heterocycles. The topological polar surface area (TPSA) is 108 Å². The molecule has 138 valence electrons. The van der Waals surface area contributed by atoms with E-state index < -0.39 is 5.60 Å². The predicted octanol–water partition coefficient (Wildman–Crippen LogP) is 2.01. The van der Waals surface area contributed by atoms with Gasteiger partial charge in [0.1, 0.15) is 11.5 Å². The number of aromatic nitrogens is 5. The summed E-state index contributed by atoms with van der Waals surface area (Å²) in [4.78, 5) is 27.5. The maximum atomic E-state index is 12.9. The highest BCUT2D eigenvalue weighted by Gasteiger charge is 2.38. The van der Waals surface area contributed by atoms with Crippen LogP contribution in [-0.2, 0) is 4.79 Å². The molecule has 26 heavy (non-hydrogen) atoms. The minimum absolute atomic E-state index is 0.00866. The summed E-state index contributed by atoms with van der Waals surface area (Å²) in [6.45, 7) is 0.695. The fraction of sp³-hybridized carbons (Fsp3) is 0.611. The van der Waals surface area contributed by atoms with Gasteiger partial charge in [0.2, 0.25) is 11.7 Å². The molecule has 2 aromatic rings. The average Bonchev–Trinajstić information content (AvgIpc) is 3.32. The summed E-state index contributed by atoms with van der Waals surface area (Å²) >= 11 is 0. The molecule has 0 bridgehead atoms. The number of rotatable bonds is 4. The molecule has 1 unspecified atom stereocenters. The summed E-state index contributed by atoms with van der Waals surface area (Å²) < 4.78 is 0. The minimum atomic E-state index is -0.839. The zero-order chi connectivity index (χ0) is 18.0. The second-order valence-electron chi connectivity index (χ2n) is 7.34. The van der Waals surface area contributed by atoms with E-state index in [0.717, 1.165) is 44.9 Å². The van der Waals surface area contributed by atoms with Crippen molar-refractivity contribution in [2.24, 2.45) is 0 Å². The van der Waals surface area contributed by atoms with Crippen LogP contribution in [0.3, 0.4) is 0 Å². The summed E-state index contributed by atoms with van der Waals surface area (Å²) in [5.41, 5.74) is -0.239. The third kappa shape index (κ3) is 3.46. The van der Waals surface area contributed by atoms with Crippen LogP contribution < -0.4 is 0 Å². The molecular formula is C18H24N6O2. The average molecular weight is 356 g/mol. The van der Waals surface area contributed by atoms with E-state index in [2.05, 4.69) is 25.1 Å². The van der Waals surface area contributed by atoms with Crippen molar-refractivity contribution in [3.05, 3.63) is 24.4 Å². The third-order valence-electron chi connectivity index (χ3n) is 5.45. The highest BCUT2D eigenvalue weighted by atomic mass is 16.3. The lowest BCUT2D eigenvalue weighted by Crippen LogP contribution is -2.40. The van der Waals surface area contributed by atoms with E-state index in [1.54, 1.807) is 18.6 Å². The first kappa shape index (κ1) is 17.1. The number of nitrogens with zero attached hydrogens (tertiary/aromatic N) is 5. The molecule has 1 aliphatic carbocycles. The number of aliphatic hydroxyl groups is 1. The van der Waals surface area contributed by atoms with E-state index in [4.69, 9.17) is 0 Å². The SMILES string of the molecule is O=C(CC1(O)CCCCC1)N1CCCC1c1nc(-c2cnccn2)n[nH]1. The van der Waals surface area contributed by atoms with Crippen LogP contribution in [-0.4, -0.2) is 53.2 Å². The fourth-order valence-corrected chi connectivity index (χ4v) is 4.07. The molecule has 2 N–H and O–H groups in total. The number of amides is 1. The first-order valence-corrected chi connectivity index (χ1v) is 9.35. The Hall–Kier alpha value is -2.35. The zero-order valence-electron chi connectivity index (χ0n) is 14.8. The number of hydrogen-bond donors (Lipinski definition) is 2. The number of aromatic amines is 1. The van der Waals surface area contributed by atoms with Crippen molar-refractivity contribution < 1.29 is 9.90 Å². The summed E-state index contributed by atoms with van der Waals surface area (Å²) in [6, 6.07) is -0.118. The van der Waals surface area contributed by atoms with Gasteiger partial charge in [0.25, 0.3) is 0 Å². The molecule has 8 nitrogen and oxygen atoms in total. The molecule has 1 atom stereocenters. The minimum Gasteiger partial charge on any atom is -0.389 e. The van der Waals surface area contributed by atoms with E-state index >= 15 is 0 Å². The van der Waals surface area contributed by atoms with Crippen molar-refractivity contribution in [2.75, 3.05) is 6.54 Å². The number of H-pyrrole nitrogens is 1. The van der Waals surface area contributed by atoms with Gasteiger partial charge in [-0.3, -0.25) is 14.9 Å². The van der Waals surface area contributed by atoms with E-state index in [9.17, 15) is 9.90 Å². The standard InChI is InChI=1S/C18H24N6O2/c25-15(11-18(26)6-2-1-3-7-18)24-10-4-5-14(24)17-21-16(22-23-17)13-12-19-8-9-20-13/h8-9,12,14,26H,1-7,10-11H2,(H,21,22,23). The van der Waals surface area contributed by atoms with Crippen molar-refractivity contribution in [3.8, 4) is 11.5 Å². The normalized spacial score (nSPS) is 22.5. The first-order valence-electron chi connectivity index (χ1n) is 9.35. The van der Waals surface area contributed by atoms with Crippen LogP contribution in [0.25, 0.3) is 11.5 Å². The lowest BCUT2D eigenvalue weighted by Gasteiger charge is -2.34. The number of carbonyl (C=O) groups excluding carboxylic acids is 1. The summed E-state index contributed by atoms with van der Waals surface area (Å²) in [6.07, 6.45) is 11.4. The van der Waals surface area contributed by atoms with Gasteiger partial charge in [-0.1, -0.05) is 19.3 Å². The fourth-order valence-electron chi connectivity index (χ4n) is 4.07. The van der Waals surface area contributed by atoms with Crippen LogP contribution in [0, 0.1) is 0 Å². The summed E-state index contributed by atoms with van der Waals surface area (Å²) in [5, 5.41) is 17.9. The maximum Gasteiger partial charge on any atom is 0.226 e. The molecule has 0 aromatic carbocycles. The van der Waals surface area contributed by atoms with E-state index in [1.165, 1.54) is 0 Å². The lowest BCUT2D eigenvalue weighted by atomic mass is 9.82. The molecule has 2 aliphatic rings. The van der Waals surface area contributed by atoms with E-state index in [0.29, 0.717) is 23.9 Å². The molecule has 1 saturated heterocycles. The number of carbonyl (C=O) groups is 1. The van der Waals surface area contributed by atoms with Gasteiger partial charge in [-0.05, 0) is 25.7 Å². The Balaban J connectivity index is 1.48.